The first kappa shape index (κ1) is 10.9. The lowest BCUT2D eigenvalue weighted by Gasteiger charge is -2.12. The van der Waals surface area contributed by atoms with E-state index < -0.39 is 0 Å². The summed E-state index contributed by atoms with van der Waals surface area (Å²) in [6, 6.07) is 10.5. The highest BCUT2D eigenvalue weighted by Crippen LogP contribution is 2.39. The average Bonchev–Trinajstić information content (AvgIpc) is 2.26. The fourth-order valence-corrected chi connectivity index (χ4v) is 2.76. The predicted molar refractivity (Wildman–Crippen MR) is 67.4 cm³/mol. The van der Waals surface area contributed by atoms with Gasteiger partial charge >= 0.3 is 0 Å². The molecular formula is C13H15P. The third-order valence-electron chi connectivity index (χ3n) is 2.03. The van der Waals surface area contributed by atoms with E-state index in [0.29, 0.717) is 0 Å². The van der Waals surface area contributed by atoms with Gasteiger partial charge in [-0.15, -0.1) is 0 Å². The Morgan fingerprint density at radius 1 is 1.21 bits per heavy atom. The van der Waals surface area contributed by atoms with Crippen LogP contribution in [0.4, 0.5) is 0 Å². The molecule has 1 rings (SSSR count). The molecule has 14 heavy (non-hydrogen) atoms. The van der Waals surface area contributed by atoms with Gasteiger partial charge in [-0.05, 0) is 25.2 Å². The maximum Gasteiger partial charge on any atom is -0.0198 e. The van der Waals surface area contributed by atoms with Gasteiger partial charge in [0.2, 0.25) is 0 Å². The molecule has 0 spiro atoms. The Labute approximate surface area is 87.4 Å². The molecule has 0 amide bonds. The zero-order chi connectivity index (χ0) is 10.4. The van der Waals surface area contributed by atoms with Crippen LogP contribution >= 0.6 is 7.92 Å². The summed E-state index contributed by atoms with van der Waals surface area (Å²) in [5, 5.41) is 2.64. The van der Waals surface area contributed by atoms with E-state index in [1.165, 1.54) is 10.6 Å². The van der Waals surface area contributed by atoms with Crippen molar-refractivity contribution < 1.29 is 0 Å². The van der Waals surface area contributed by atoms with Gasteiger partial charge in [0.05, 0.1) is 0 Å². The molecule has 0 bridgehead atoms. The molecule has 0 saturated carbocycles. The van der Waals surface area contributed by atoms with Crippen molar-refractivity contribution in [1.82, 2.24) is 0 Å². The maximum absolute atomic E-state index is 3.83. The van der Waals surface area contributed by atoms with Gasteiger partial charge in [0.25, 0.3) is 0 Å². The highest BCUT2D eigenvalue weighted by atomic mass is 31.1. The normalized spacial score (nSPS) is 13.4. The smallest absolute Gasteiger partial charge is 0.0198 e. The Balaban J connectivity index is 2.94. The molecule has 1 heteroatoms. The molecule has 1 atom stereocenters. The summed E-state index contributed by atoms with van der Waals surface area (Å²) in [5.74, 6) is 0. The molecule has 0 nitrogen and oxygen atoms in total. The van der Waals surface area contributed by atoms with E-state index >= 15 is 0 Å². The molecule has 1 aromatic rings. The summed E-state index contributed by atoms with van der Waals surface area (Å²) < 4.78 is 0. The Kier molecular flexibility index (Phi) is 4.35. The van der Waals surface area contributed by atoms with E-state index in [1.807, 2.05) is 24.3 Å². The topological polar surface area (TPSA) is 0 Å². The minimum Gasteiger partial charge on any atom is -0.0990 e. The van der Waals surface area contributed by atoms with Crippen LogP contribution in [0.3, 0.4) is 0 Å². The van der Waals surface area contributed by atoms with Crippen molar-refractivity contribution in [3.63, 3.8) is 0 Å². The van der Waals surface area contributed by atoms with Crippen LogP contribution < -0.4 is 5.30 Å². The van der Waals surface area contributed by atoms with Gasteiger partial charge < -0.3 is 0 Å². The second-order valence-electron chi connectivity index (χ2n) is 2.93. The van der Waals surface area contributed by atoms with Crippen LogP contribution in [0.25, 0.3) is 0 Å². The molecule has 0 fully saturated rings. The van der Waals surface area contributed by atoms with E-state index in [9.17, 15) is 0 Å². The first-order chi connectivity index (χ1) is 6.79. The molecule has 0 radical (unpaired) electrons. The van der Waals surface area contributed by atoms with Crippen molar-refractivity contribution in [2.24, 2.45) is 0 Å². The fraction of sp³-hybridized carbons (Fsp3) is 0.0769. The van der Waals surface area contributed by atoms with E-state index in [-0.39, 0.29) is 7.92 Å². The minimum absolute atomic E-state index is 0.273. The van der Waals surface area contributed by atoms with Crippen LogP contribution in [0.15, 0.2) is 67.0 Å². The van der Waals surface area contributed by atoms with E-state index in [4.69, 9.17) is 0 Å². The maximum atomic E-state index is 3.83. The van der Waals surface area contributed by atoms with Gasteiger partial charge in [0, 0.05) is 0 Å². The fourth-order valence-electron chi connectivity index (χ4n) is 1.24. The SMILES string of the molecule is C=C/C=C(\C=C)P(C)c1ccccc1. The standard InChI is InChI=1S/C13H15P/c1-4-9-12(5-2)14(3)13-10-7-6-8-11-13/h4-11H,1-2H2,3H3/b12-9+. The zero-order valence-corrected chi connectivity index (χ0v) is 9.37. The lowest BCUT2D eigenvalue weighted by Crippen LogP contribution is -1.98. The number of hydrogen-bond acceptors (Lipinski definition) is 0. The molecule has 0 aliphatic rings. The molecule has 0 aliphatic carbocycles. The summed E-state index contributed by atoms with van der Waals surface area (Å²) in [6.45, 7) is 9.77. The monoisotopic (exact) mass is 202 g/mol. The zero-order valence-electron chi connectivity index (χ0n) is 8.48. The third kappa shape index (κ3) is 2.68. The lowest BCUT2D eigenvalue weighted by molar-refractivity contribution is 1.76. The quantitative estimate of drug-likeness (QED) is 0.516. The van der Waals surface area contributed by atoms with E-state index in [1.54, 1.807) is 0 Å². The van der Waals surface area contributed by atoms with E-state index in [2.05, 4.69) is 44.1 Å². The second kappa shape index (κ2) is 5.57. The van der Waals surface area contributed by atoms with Crippen LogP contribution in [0.1, 0.15) is 0 Å². The Morgan fingerprint density at radius 3 is 2.36 bits per heavy atom. The van der Waals surface area contributed by atoms with Crippen molar-refractivity contribution >= 4 is 13.2 Å². The number of rotatable bonds is 4. The summed E-state index contributed by atoms with van der Waals surface area (Å²) in [6.07, 6.45) is 5.77. The van der Waals surface area contributed by atoms with Gasteiger partial charge in [-0.25, -0.2) is 0 Å². The van der Waals surface area contributed by atoms with Crippen LogP contribution in [-0.4, -0.2) is 6.66 Å². The summed E-state index contributed by atoms with van der Waals surface area (Å²) >= 11 is 0. The average molecular weight is 202 g/mol. The minimum atomic E-state index is -0.273. The molecule has 0 aromatic heterocycles. The van der Waals surface area contributed by atoms with Crippen LogP contribution in [0, 0.1) is 0 Å². The molecule has 0 heterocycles. The Morgan fingerprint density at radius 2 is 1.86 bits per heavy atom. The van der Waals surface area contributed by atoms with Crippen LogP contribution in [0.2, 0.25) is 0 Å². The Hall–Kier alpha value is -1.13. The van der Waals surface area contributed by atoms with Crippen molar-refractivity contribution in [2.75, 3.05) is 6.66 Å². The largest absolute Gasteiger partial charge is 0.0990 e. The van der Waals surface area contributed by atoms with Gasteiger partial charge in [-0.2, -0.15) is 0 Å². The van der Waals surface area contributed by atoms with Crippen molar-refractivity contribution in [3.05, 3.63) is 67.0 Å². The number of allylic oxidation sites excluding steroid dienone is 4. The van der Waals surface area contributed by atoms with Crippen molar-refractivity contribution in [3.8, 4) is 0 Å². The third-order valence-corrected chi connectivity index (χ3v) is 4.21. The van der Waals surface area contributed by atoms with E-state index in [0.717, 1.165) is 0 Å². The number of benzene rings is 1. The molecular weight excluding hydrogens is 187 g/mol. The molecule has 0 saturated heterocycles. The second-order valence-corrected chi connectivity index (χ2v) is 5.08. The van der Waals surface area contributed by atoms with Gasteiger partial charge in [0.15, 0.2) is 0 Å². The highest BCUT2D eigenvalue weighted by Gasteiger charge is 2.05. The lowest BCUT2D eigenvalue weighted by atomic mass is 10.4. The van der Waals surface area contributed by atoms with Gasteiger partial charge in [0.1, 0.15) is 0 Å². The summed E-state index contributed by atoms with van der Waals surface area (Å²) in [5.41, 5.74) is 0. The van der Waals surface area contributed by atoms with Gasteiger partial charge in [-0.3, -0.25) is 0 Å². The molecule has 72 valence electrons. The summed E-state index contributed by atoms with van der Waals surface area (Å²) in [4.78, 5) is 0. The first-order valence-corrected chi connectivity index (χ1v) is 6.32. The van der Waals surface area contributed by atoms with Crippen LogP contribution in [0.5, 0.6) is 0 Å². The summed E-state index contributed by atoms with van der Waals surface area (Å²) in [7, 11) is -0.273. The number of hydrogen-bond donors (Lipinski definition) is 0. The van der Waals surface area contributed by atoms with Crippen LogP contribution in [-0.2, 0) is 0 Å². The van der Waals surface area contributed by atoms with Crippen molar-refractivity contribution in [2.45, 2.75) is 0 Å². The molecule has 0 aliphatic heterocycles. The highest BCUT2D eigenvalue weighted by molar-refractivity contribution is 7.69. The van der Waals surface area contributed by atoms with Gasteiger partial charge in [-0.1, -0.05) is 61.7 Å². The predicted octanol–water partition coefficient (Wildman–Crippen LogP) is 3.68. The molecule has 1 aromatic carbocycles. The van der Waals surface area contributed by atoms with Crippen molar-refractivity contribution in [1.29, 1.82) is 0 Å². The first-order valence-electron chi connectivity index (χ1n) is 4.53. The Bertz CT molecular complexity index is 336. The molecule has 0 N–H and O–H groups in total. The molecule has 1 unspecified atom stereocenters.